The first kappa shape index (κ1) is 14.8. The number of thiophene rings is 1. The molecule has 0 bridgehead atoms. The molecule has 0 amide bonds. The monoisotopic (exact) mass is 311 g/mol. The van der Waals surface area contributed by atoms with Crippen molar-refractivity contribution in [2.75, 3.05) is 11.1 Å². The fourth-order valence-corrected chi connectivity index (χ4v) is 3.22. The Bertz CT molecular complexity index is 708. The summed E-state index contributed by atoms with van der Waals surface area (Å²) in [7, 11) is -3.71. The minimum absolute atomic E-state index is 0.0185. The highest BCUT2D eigenvalue weighted by molar-refractivity contribution is 7.89. The molecule has 2 aromatic rings. The van der Waals surface area contributed by atoms with E-state index in [1.165, 1.54) is 21.9 Å². The fraction of sp³-hybridized carbons (Fsp3) is 0.231. The molecule has 7 heteroatoms. The third-order valence-corrected chi connectivity index (χ3v) is 5.01. The highest BCUT2D eigenvalue weighted by Crippen LogP contribution is 2.24. The fourth-order valence-electron chi connectivity index (χ4n) is 1.77. The Labute approximate surface area is 122 Å². The molecular weight excluding hydrogens is 294 g/mol. The lowest BCUT2D eigenvalue weighted by atomic mass is 10.2. The number of sulfonamides is 1. The summed E-state index contributed by atoms with van der Waals surface area (Å²) in [5, 5.41) is 8.25. The zero-order valence-corrected chi connectivity index (χ0v) is 12.7. The van der Waals surface area contributed by atoms with Gasteiger partial charge in [0.15, 0.2) is 0 Å². The van der Waals surface area contributed by atoms with Gasteiger partial charge in [0.05, 0.1) is 16.3 Å². The summed E-state index contributed by atoms with van der Waals surface area (Å²) < 4.78 is 22.4. The van der Waals surface area contributed by atoms with E-state index in [2.05, 4.69) is 24.4 Å². The molecule has 0 unspecified atom stereocenters. The Morgan fingerprint density at radius 1 is 1.20 bits per heavy atom. The molecule has 0 aliphatic carbocycles. The van der Waals surface area contributed by atoms with Crippen molar-refractivity contribution in [3.63, 3.8) is 0 Å². The Hall–Kier alpha value is -1.57. The van der Waals surface area contributed by atoms with Crippen molar-refractivity contribution in [3.8, 4) is 0 Å². The topological polar surface area (TPSA) is 98.2 Å². The van der Waals surface area contributed by atoms with Gasteiger partial charge < -0.3 is 11.1 Å². The molecule has 0 radical (unpaired) electrons. The van der Waals surface area contributed by atoms with Gasteiger partial charge in [-0.25, -0.2) is 13.6 Å². The average Bonchev–Trinajstić information content (AvgIpc) is 2.84. The van der Waals surface area contributed by atoms with Crippen LogP contribution in [0.15, 0.2) is 35.2 Å². The highest BCUT2D eigenvalue weighted by Gasteiger charge is 2.10. The largest absolute Gasteiger partial charge is 0.397 e. The maximum Gasteiger partial charge on any atom is 0.238 e. The van der Waals surface area contributed by atoms with Crippen molar-refractivity contribution in [3.05, 3.63) is 40.1 Å². The number of primary sulfonamides is 1. The van der Waals surface area contributed by atoms with E-state index in [4.69, 9.17) is 10.9 Å². The average molecular weight is 311 g/mol. The predicted octanol–water partition coefficient (Wildman–Crippen LogP) is 2.15. The first-order valence-electron chi connectivity index (χ1n) is 6.14. The molecule has 0 fully saturated rings. The number of nitrogen functional groups attached to an aromatic ring is 1. The second-order valence-electron chi connectivity index (χ2n) is 4.37. The van der Waals surface area contributed by atoms with Crippen LogP contribution in [0.4, 0.5) is 11.4 Å². The molecule has 1 aromatic heterocycles. The number of aryl methyl sites for hydroxylation is 1. The third kappa shape index (κ3) is 3.50. The Morgan fingerprint density at radius 3 is 2.45 bits per heavy atom. The van der Waals surface area contributed by atoms with Crippen LogP contribution in [-0.2, 0) is 23.0 Å². The van der Waals surface area contributed by atoms with Crippen LogP contribution in [0.3, 0.4) is 0 Å². The summed E-state index contributed by atoms with van der Waals surface area (Å²) in [5.41, 5.74) is 6.90. The van der Waals surface area contributed by atoms with Gasteiger partial charge in [-0.1, -0.05) is 6.92 Å². The molecule has 108 valence electrons. The highest BCUT2D eigenvalue weighted by atomic mass is 32.2. The zero-order valence-electron chi connectivity index (χ0n) is 11.1. The van der Waals surface area contributed by atoms with Crippen molar-refractivity contribution in [2.24, 2.45) is 5.14 Å². The molecule has 2 rings (SSSR count). The number of hydrogen-bond donors (Lipinski definition) is 3. The first-order chi connectivity index (χ1) is 9.40. The van der Waals surface area contributed by atoms with E-state index in [1.807, 2.05) is 0 Å². The van der Waals surface area contributed by atoms with E-state index in [9.17, 15) is 8.42 Å². The standard InChI is InChI=1S/C13H17N3O2S2/c1-2-9-3-4-10(19-9)8-16-13-6-5-11(7-12(13)14)20(15,17)18/h3-7,16H,2,8,14H2,1H3,(H2,15,17,18). The van der Waals surface area contributed by atoms with Gasteiger partial charge in [-0.3, -0.25) is 0 Å². The summed E-state index contributed by atoms with van der Waals surface area (Å²) in [6, 6.07) is 8.62. The molecule has 0 spiro atoms. The summed E-state index contributed by atoms with van der Waals surface area (Å²) >= 11 is 1.75. The quantitative estimate of drug-likeness (QED) is 0.737. The molecule has 0 saturated heterocycles. The van der Waals surface area contributed by atoms with Gasteiger partial charge in [0.25, 0.3) is 0 Å². The number of nitrogens with one attached hydrogen (secondary N) is 1. The summed E-state index contributed by atoms with van der Waals surface area (Å²) in [6.07, 6.45) is 1.02. The predicted molar refractivity (Wildman–Crippen MR) is 83.3 cm³/mol. The maximum absolute atomic E-state index is 11.2. The van der Waals surface area contributed by atoms with Crippen molar-refractivity contribution in [1.82, 2.24) is 0 Å². The van der Waals surface area contributed by atoms with Crippen molar-refractivity contribution < 1.29 is 8.42 Å². The van der Waals surface area contributed by atoms with Crippen LogP contribution in [-0.4, -0.2) is 8.42 Å². The number of anilines is 2. The van der Waals surface area contributed by atoms with Gasteiger partial charge in [0.1, 0.15) is 0 Å². The molecule has 5 N–H and O–H groups in total. The Balaban J connectivity index is 2.10. The van der Waals surface area contributed by atoms with E-state index in [1.54, 1.807) is 17.4 Å². The lowest BCUT2D eigenvalue weighted by Gasteiger charge is -2.09. The number of benzene rings is 1. The Kier molecular flexibility index (Phi) is 4.32. The van der Waals surface area contributed by atoms with Crippen molar-refractivity contribution in [1.29, 1.82) is 0 Å². The second kappa shape index (κ2) is 5.82. The molecule has 0 aliphatic heterocycles. The van der Waals surface area contributed by atoms with E-state index in [0.717, 1.165) is 6.42 Å². The lowest BCUT2D eigenvalue weighted by molar-refractivity contribution is 0.598. The normalized spacial score (nSPS) is 11.5. The van der Waals surface area contributed by atoms with E-state index < -0.39 is 10.0 Å². The number of rotatable bonds is 5. The van der Waals surface area contributed by atoms with Crippen LogP contribution in [0.5, 0.6) is 0 Å². The molecule has 1 heterocycles. The van der Waals surface area contributed by atoms with Gasteiger partial charge in [-0.2, -0.15) is 0 Å². The number of hydrogen-bond acceptors (Lipinski definition) is 5. The molecule has 20 heavy (non-hydrogen) atoms. The Morgan fingerprint density at radius 2 is 1.90 bits per heavy atom. The minimum atomic E-state index is -3.71. The van der Waals surface area contributed by atoms with Gasteiger partial charge in [-0.15, -0.1) is 11.3 Å². The van der Waals surface area contributed by atoms with Crippen molar-refractivity contribution in [2.45, 2.75) is 24.8 Å². The smallest absolute Gasteiger partial charge is 0.238 e. The van der Waals surface area contributed by atoms with E-state index >= 15 is 0 Å². The van der Waals surface area contributed by atoms with Crippen molar-refractivity contribution >= 4 is 32.7 Å². The van der Waals surface area contributed by atoms with Gasteiger partial charge in [0, 0.05) is 16.3 Å². The zero-order chi connectivity index (χ0) is 14.8. The van der Waals surface area contributed by atoms with Crippen LogP contribution in [0, 0.1) is 0 Å². The summed E-state index contributed by atoms with van der Waals surface area (Å²) in [5.74, 6) is 0. The van der Waals surface area contributed by atoms with Gasteiger partial charge in [-0.05, 0) is 36.8 Å². The van der Waals surface area contributed by atoms with Crippen LogP contribution < -0.4 is 16.2 Å². The molecule has 0 saturated carbocycles. The van der Waals surface area contributed by atoms with Crippen LogP contribution >= 0.6 is 11.3 Å². The van der Waals surface area contributed by atoms with Crippen LogP contribution in [0.1, 0.15) is 16.7 Å². The van der Waals surface area contributed by atoms with E-state index in [-0.39, 0.29) is 4.90 Å². The lowest BCUT2D eigenvalue weighted by Crippen LogP contribution is -2.13. The first-order valence-corrected chi connectivity index (χ1v) is 8.50. The van der Waals surface area contributed by atoms with Gasteiger partial charge in [0.2, 0.25) is 10.0 Å². The SMILES string of the molecule is CCc1ccc(CNc2ccc(S(N)(=O)=O)cc2N)s1. The summed E-state index contributed by atoms with van der Waals surface area (Å²) in [4.78, 5) is 2.56. The summed E-state index contributed by atoms with van der Waals surface area (Å²) in [6.45, 7) is 2.77. The molecule has 0 atom stereocenters. The second-order valence-corrected chi connectivity index (χ2v) is 7.18. The van der Waals surface area contributed by atoms with Gasteiger partial charge >= 0.3 is 0 Å². The molecule has 0 aliphatic rings. The maximum atomic E-state index is 11.2. The van der Waals surface area contributed by atoms with Crippen LogP contribution in [0.2, 0.25) is 0 Å². The van der Waals surface area contributed by atoms with Crippen LogP contribution in [0.25, 0.3) is 0 Å². The molecular formula is C13H17N3O2S2. The minimum Gasteiger partial charge on any atom is -0.397 e. The molecule has 5 nitrogen and oxygen atoms in total. The van der Waals surface area contributed by atoms with E-state index in [0.29, 0.717) is 17.9 Å². The number of nitrogens with two attached hydrogens (primary N) is 2. The molecule has 1 aromatic carbocycles. The third-order valence-electron chi connectivity index (χ3n) is 2.87.